The highest BCUT2D eigenvalue weighted by atomic mass is 19.1. The third-order valence-electron chi connectivity index (χ3n) is 3.76. The second-order valence-electron chi connectivity index (χ2n) is 5.46. The molecular formula is C19H18FN5. The Labute approximate surface area is 145 Å². The van der Waals surface area contributed by atoms with Crippen molar-refractivity contribution in [1.82, 2.24) is 19.6 Å². The summed E-state index contributed by atoms with van der Waals surface area (Å²) >= 11 is 0. The Morgan fingerprint density at radius 2 is 2.16 bits per heavy atom. The quantitative estimate of drug-likeness (QED) is 0.721. The van der Waals surface area contributed by atoms with Gasteiger partial charge in [-0.05, 0) is 36.8 Å². The summed E-state index contributed by atoms with van der Waals surface area (Å²) in [5, 5.41) is 4.65. The zero-order valence-corrected chi connectivity index (χ0v) is 13.9. The molecule has 0 spiro atoms. The van der Waals surface area contributed by atoms with Gasteiger partial charge in [0.2, 0.25) is 5.95 Å². The van der Waals surface area contributed by atoms with Crippen molar-refractivity contribution in [2.75, 3.05) is 5.73 Å². The lowest BCUT2D eigenvalue weighted by Crippen LogP contribution is -2.00. The Morgan fingerprint density at radius 1 is 1.32 bits per heavy atom. The van der Waals surface area contributed by atoms with Crippen LogP contribution in [0.4, 0.5) is 10.3 Å². The van der Waals surface area contributed by atoms with Crippen molar-refractivity contribution >= 4 is 17.0 Å². The number of fused-ring (bicyclic) bond motifs is 1. The molecule has 0 saturated carbocycles. The summed E-state index contributed by atoms with van der Waals surface area (Å²) < 4.78 is 14.8. The maximum Gasteiger partial charge on any atom is 0.220 e. The lowest BCUT2D eigenvalue weighted by Gasteiger charge is -2.04. The van der Waals surface area contributed by atoms with Gasteiger partial charge in [0.25, 0.3) is 0 Å². The third-order valence-corrected chi connectivity index (χ3v) is 3.76. The van der Waals surface area contributed by atoms with Crippen LogP contribution in [-0.4, -0.2) is 19.6 Å². The number of aromatic nitrogens is 4. The molecule has 3 aromatic heterocycles. The van der Waals surface area contributed by atoms with E-state index < -0.39 is 5.83 Å². The van der Waals surface area contributed by atoms with Gasteiger partial charge in [0.15, 0.2) is 0 Å². The van der Waals surface area contributed by atoms with E-state index in [9.17, 15) is 4.39 Å². The fourth-order valence-electron chi connectivity index (χ4n) is 2.64. The summed E-state index contributed by atoms with van der Waals surface area (Å²) in [6.45, 7) is 5.15. The Balaban J connectivity index is 2.13. The van der Waals surface area contributed by atoms with E-state index in [2.05, 4.69) is 21.6 Å². The highest BCUT2D eigenvalue weighted by Crippen LogP contribution is 2.26. The highest BCUT2D eigenvalue weighted by molar-refractivity contribution is 5.78. The Kier molecular flexibility index (Phi) is 4.70. The summed E-state index contributed by atoms with van der Waals surface area (Å²) in [5.74, 6) is -0.274. The number of hydrogen-bond donors (Lipinski definition) is 1. The molecule has 3 aromatic rings. The van der Waals surface area contributed by atoms with Gasteiger partial charge in [0.1, 0.15) is 5.83 Å². The molecule has 5 nitrogen and oxygen atoms in total. The highest BCUT2D eigenvalue weighted by Gasteiger charge is 2.16. The number of nitrogen functional groups attached to an aromatic ring is 1. The van der Waals surface area contributed by atoms with Gasteiger partial charge in [0, 0.05) is 24.4 Å². The van der Waals surface area contributed by atoms with Gasteiger partial charge in [-0.1, -0.05) is 24.8 Å². The predicted octanol–water partition coefficient (Wildman–Crippen LogP) is 3.74. The van der Waals surface area contributed by atoms with E-state index in [1.165, 1.54) is 6.08 Å². The SMILES string of the molecule is C=C(F)/C=C\C(=C/C)c1nn2ccccc2c1Cc1ccnc(N)n1. The zero-order valence-electron chi connectivity index (χ0n) is 13.9. The minimum atomic E-state index is -0.506. The molecule has 0 aromatic carbocycles. The van der Waals surface area contributed by atoms with E-state index in [0.29, 0.717) is 6.42 Å². The first kappa shape index (κ1) is 16.6. The number of hydrogen-bond acceptors (Lipinski definition) is 4. The fraction of sp³-hybridized carbons (Fsp3) is 0.105. The minimum Gasteiger partial charge on any atom is -0.368 e. The Hall–Kier alpha value is -3.28. The smallest absolute Gasteiger partial charge is 0.220 e. The summed E-state index contributed by atoms with van der Waals surface area (Å²) in [4.78, 5) is 8.20. The normalized spacial score (nSPS) is 12.2. The molecule has 126 valence electrons. The number of nitrogens with zero attached hydrogens (tertiary/aromatic N) is 4. The number of pyridine rings is 1. The van der Waals surface area contributed by atoms with Crippen molar-refractivity contribution in [1.29, 1.82) is 0 Å². The number of rotatable bonds is 5. The van der Waals surface area contributed by atoms with Gasteiger partial charge >= 0.3 is 0 Å². The topological polar surface area (TPSA) is 69.1 Å². The van der Waals surface area contributed by atoms with Gasteiger partial charge < -0.3 is 5.73 Å². The number of anilines is 1. The van der Waals surface area contributed by atoms with Crippen molar-refractivity contribution in [2.24, 2.45) is 0 Å². The van der Waals surface area contributed by atoms with Crippen LogP contribution in [0.2, 0.25) is 0 Å². The van der Waals surface area contributed by atoms with Gasteiger partial charge in [-0.15, -0.1) is 0 Å². The maximum atomic E-state index is 13.0. The lowest BCUT2D eigenvalue weighted by atomic mass is 10.0. The second-order valence-corrected chi connectivity index (χ2v) is 5.46. The fourth-order valence-corrected chi connectivity index (χ4v) is 2.64. The molecule has 0 amide bonds. The first-order valence-corrected chi connectivity index (χ1v) is 7.81. The van der Waals surface area contributed by atoms with Crippen molar-refractivity contribution in [3.8, 4) is 0 Å². The molecule has 0 saturated heterocycles. The average molecular weight is 335 g/mol. The van der Waals surface area contributed by atoms with Crippen molar-refractivity contribution in [3.05, 3.63) is 84.2 Å². The van der Waals surface area contributed by atoms with Gasteiger partial charge in [0.05, 0.1) is 16.9 Å². The first-order chi connectivity index (χ1) is 12.1. The Morgan fingerprint density at radius 3 is 2.88 bits per heavy atom. The number of allylic oxidation sites excluding steroid dienone is 5. The van der Waals surface area contributed by atoms with Crippen LogP contribution in [0.25, 0.3) is 11.1 Å². The van der Waals surface area contributed by atoms with Gasteiger partial charge in [-0.25, -0.2) is 18.9 Å². The van der Waals surface area contributed by atoms with Crippen LogP contribution in [0.15, 0.2) is 67.3 Å². The summed E-state index contributed by atoms with van der Waals surface area (Å²) in [7, 11) is 0. The van der Waals surface area contributed by atoms with Crippen LogP contribution in [-0.2, 0) is 6.42 Å². The van der Waals surface area contributed by atoms with E-state index in [1.807, 2.05) is 43.5 Å². The molecule has 0 atom stereocenters. The summed E-state index contributed by atoms with van der Waals surface area (Å²) in [6, 6.07) is 7.67. The van der Waals surface area contributed by atoms with Crippen molar-refractivity contribution in [2.45, 2.75) is 13.3 Å². The molecular weight excluding hydrogens is 317 g/mol. The number of nitrogens with two attached hydrogens (primary N) is 1. The van der Waals surface area contributed by atoms with E-state index >= 15 is 0 Å². The molecule has 25 heavy (non-hydrogen) atoms. The van der Waals surface area contributed by atoms with Crippen LogP contribution in [0.5, 0.6) is 0 Å². The van der Waals surface area contributed by atoms with E-state index in [0.717, 1.165) is 28.0 Å². The minimum absolute atomic E-state index is 0.232. The number of halogens is 1. The first-order valence-electron chi connectivity index (χ1n) is 7.81. The monoisotopic (exact) mass is 335 g/mol. The molecule has 3 heterocycles. The van der Waals surface area contributed by atoms with Gasteiger partial charge in [-0.3, -0.25) is 0 Å². The van der Waals surface area contributed by atoms with Crippen LogP contribution in [0, 0.1) is 0 Å². The maximum absolute atomic E-state index is 13.0. The molecule has 3 rings (SSSR count). The summed E-state index contributed by atoms with van der Waals surface area (Å²) in [6.07, 6.45) is 8.93. The van der Waals surface area contributed by atoms with Crippen LogP contribution in [0.1, 0.15) is 23.9 Å². The van der Waals surface area contributed by atoms with Crippen molar-refractivity contribution < 1.29 is 4.39 Å². The molecule has 0 aliphatic heterocycles. The molecule has 2 N–H and O–H groups in total. The largest absolute Gasteiger partial charge is 0.368 e. The zero-order chi connectivity index (χ0) is 17.8. The molecule has 0 radical (unpaired) electrons. The molecule has 0 aliphatic rings. The van der Waals surface area contributed by atoms with E-state index in [1.54, 1.807) is 16.8 Å². The van der Waals surface area contributed by atoms with E-state index in [-0.39, 0.29) is 5.95 Å². The van der Waals surface area contributed by atoms with Gasteiger partial charge in [-0.2, -0.15) is 5.10 Å². The van der Waals surface area contributed by atoms with E-state index in [4.69, 9.17) is 5.73 Å². The molecule has 0 fully saturated rings. The predicted molar refractivity (Wildman–Crippen MR) is 97.5 cm³/mol. The van der Waals surface area contributed by atoms with Crippen LogP contribution >= 0.6 is 0 Å². The molecule has 6 heteroatoms. The summed E-state index contributed by atoms with van der Waals surface area (Å²) in [5.41, 5.74) is 10.0. The second kappa shape index (κ2) is 7.09. The van der Waals surface area contributed by atoms with Crippen molar-refractivity contribution in [3.63, 3.8) is 0 Å². The van der Waals surface area contributed by atoms with Crippen LogP contribution in [0.3, 0.4) is 0 Å². The average Bonchev–Trinajstić information content (AvgIpc) is 2.94. The molecule has 0 aliphatic carbocycles. The standard InChI is InChI=1S/C19H18FN5/c1-3-14(8-7-13(2)20)18-16(12-15-9-10-22-19(21)23-15)17-6-4-5-11-25(17)24-18/h3-11H,2,12H2,1H3,(H2,21,22,23)/b8-7-,14-3+. The lowest BCUT2D eigenvalue weighted by molar-refractivity contribution is 0.671. The molecule has 0 unspecified atom stereocenters. The Bertz CT molecular complexity index is 984. The third kappa shape index (κ3) is 3.63. The molecule has 0 bridgehead atoms. The van der Waals surface area contributed by atoms with Crippen LogP contribution < -0.4 is 5.73 Å².